The van der Waals surface area contributed by atoms with E-state index in [0.717, 1.165) is 13.2 Å². The zero-order valence-corrected chi connectivity index (χ0v) is 17.1. The smallest absolute Gasteiger partial charge is 0.338 e. The van der Waals surface area contributed by atoms with Crippen LogP contribution in [0.4, 0.5) is 10.5 Å². The fourth-order valence-electron chi connectivity index (χ4n) is 3.03. The summed E-state index contributed by atoms with van der Waals surface area (Å²) in [4.78, 5) is 47.2. The number of esters is 2. The molecule has 12 heteroatoms. The van der Waals surface area contributed by atoms with Gasteiger partial charge in [0.05, 0.1) is 41.7 Å². The fraction of sp³-hybridized carbons (Fsp3) is 0.250. The summed E-state index contributed by atoms with van der Waals surface area (Å²) in [5.41, 5.74) is -0.463. The third kappa shape index (κ3) is 4.69. The summed E-state index contributed by atoms with van der Waals surface area (Å²) in [5.74, 6) is -1.37. The van der Waals surface area contributed by atoms with Gasteiger partial charge in [0, 0.05) is 6.07 Å². The summed E-state index contributed by atoms with van der Waals surface area (Å²) in [6.07, 6.45) is 1.38. The molecule has 2 N–H and O–H groups in total. The minimum Gasteiger partial charge on any atom is -0.480 e. The first kappa shape index (κ1) is 22.3. The maximum Gasteiger partial charge on any atom is 0.338 e. The summed E-state index contributed by atoms with van der Waals surface area (Å²) in [5, 5.41) is 16.5. The number of nitrogens with zero attached hydrogens (tertiary/aromatic N) is 1. The molecule has 168 valence electrons. The van der Waals surface area contributed by atoms with E-state index in [0.29, 0.717) is 0 Å². The Morgan fingerprint density at radius 2 is 2.03 bits per heavy atom. The summed E-state index contributed by atoms with van der Waals surface area (Å²) in [6, 6.07) is 5.11. The first-order valence-electron chi connectivity index (χ1n) is 9.36. The standard InChI is InChI=1S/C20H19N3O9/c1-3-30-19(25)16-12(21-20(26)22-17(16)15-5-4-8-31-15)10-32-14-7-6-11(18(24)29-2)9-13(14)23(27)28/h4-9,17H,3,10H2,1-2H3,(H2,21,22,26). The van der Waals surface area contributed by atoms with Gasteiger partial charge < -0.3 is 29.3 Å². The van der Waals surface area contributed by atoms with E-state index in [9.17, 15) is 24.5 Å². The van der Waals surface area contributed by atoms with Crippen LogP contribution in [0.2, 0.25) is 0 Å². The highest BCUT2D eigenvalue weighted by Crippen LogP contribution is 2.31. The zero-order valence-electron chi connectivity index (χ0n) is 17.1. The molecule has 1 atom stereocenters. The molecular weight excluding hydrogens is 426 g/mol. The van der Waals surface area contributed by atoms with Crippen LogP contribution in [-0.4, -0.2) is 43.2 Å². The SMILES string of the molecule is CCOC(=O)C1=C(COc2ccc(C(=O)OC)cc2[N+](=O)[O-])NC(=O)NC1c1ccco1. The Balaban J connectivity index is 1.96. The predicted octanol–water partition coefficient (Wildman–Crippen LogP) is 2.22. The van der Waals surface area contributed by atoms with Gasteiger partial charge in [0.25, 0.3) is 0 Å². The Hall–Kier alpha value is -4.35. The first-order chi connectivity index (χ1) is 15.3. The molecule has 0 saturated heterocycles. The number of carbonyl (C=O) groups is 3. The van der Waals surface area contributed by atoms with Crippen molar-refractivity contribution in [1.82, 2.24) is 10.6 Å². The molecule has 1 aliphatic heterocycles. The predicted molar refractivity (Wildman–Crippen MR) is 107 cm³/mol. The van der Waals surface area contributed by atoms with Gasteiger partial charge in [0.2, 0.25) is 0 Å². The van der Waals surface area contributed by atoms with Gasteiger partial charge in [-0.2, -0.15) is 0 Å². The summed E-state index contributed by atoms with van der Waals surface area (Å²) in [7, 11) is 1.15. The second-order valence-electron chi connectivity index (χ2n) is 6.38. The zero-order chi connectivity index (χ0) is 23.3. The fourth-order valence-corrected chi connectivity index (χ4v) is 3.03. The highest BCUT2D eigenvalue weighted by atomic mass is 16.6. The van der Waals surface area contributed by atoms with Crippen molar-refractivity contribution in [2.75, 3.05) is 20.3 Å². The number of nitro groups is 1. The minimum atomic E-state index is -0.951. The van der Waals surface area contributed by atoms with Crippen molar-refractivity contribution < 1.29 is 37.9 Å². The molecule has 2 amide bonds. The summed E-state index contributed by atoms with van der Waals surface area (Å²) >= 11 is 0. The number of rotatable bonds is 8. The van der Waals surface area contributed by atoms with Crippen molar-refractivity contribution in [1.29, 1.82) is 0 Å². The lowest BCUT2D eigenvalue weighted by Crippen LogP contribution is -2.47. The van der Waals surface area contributed by atoms with Gasteiger partial charge in [0.1, 0.15) is 18.4 Å². The average Bonchev–Trinajstić information content (AvgIpc) is 3.31. The maximum absolute atomic E-state index is 12.6. The van der Waals surface area contributed by atoms with Crippen LogP contribution in [-0.2, 0) is 14.3 Å². The summed E-state index contributed by atoms with van der Waals surface area (Å²) < 4.78 is 20.5. The topological polar surface area (TPSA) is 159 Å². The molecule has 1 unspecified atom stereocenters. The Morgan fingerprint density at radius 1 is 1.25 bits per heavy atom. The second-order valence-corrected chi connectivity index (χ2v) is 6.38. The van der Waals surface area contributed by atoms with Crippen LogP contribution in [0.25, 0.3) is 0 Å². The van der Waals surface area contributed by atoms with Gasteiger partial charge in [-0.1, -0.05) is 0 Å². The number of hydrogen-bond donors (Lipinski definition) is 2. The van der Waals surface area contributed by atoms with E-state index in [4.69, 9.17) is 13.9 Å². The quantitative estimate of drug-likeness (QED) is 0.353. The van der Waals surface area contributed by atoms with Crippen LogP contribution in [0.3, 0.4) is 0 Å². The van der Waals surface area contributed by atoms with E-state index in [1.54, 1.807) is 19.1 Å². The van der Waals surface area contributed by atoms with Gasteiger partial charge in [0.15, 0.2) is 5.75 Å². The minimum absolute atomic E-state index is 0.0234. The lowest BCUT2D eigenvalue weighted by molar-refractivity contribution is -0.385. The normalized spacial score (nSPS) is 15.4. The molecule has 2 heterocycles. The molecular formula is C20H19N3O9. The molecule has 1 aromatic heterocycles. The molecule has 1 aliphatic rings. The Bertz CT molecular complexity index is 1080. The highest BCUT2D eigenvalue weighted by molar-refractivity contribution is 5.95. The largest absolute Gasteiger partial charge is 0.480 e. The van der Waals surface area contributed by atoms with E-state index >= 15 is 0 Å². The Morgan fingerprint density at radius 3 is 2.66 bits per heavy atom. The number of furan rings is 1. The van der Waals surface area contributed by atoms with Crippen molar-refractivity contribution in [3.05, 3.63) is 69.3 Å². The van der Waals surface area contributed by atoms with E-state index in [1.807, 2.05) is 0 Å². The summed E-state index contributed by atoms with van der Waals surface area (Å²) in [6.45, 7) is 1.30. The number of amides is 2. The lowest BCUT2D eigenvalue weighted by Gasteiger charge is -2.27. The highest BCUT2D eigenvalue weighted by Gasteiger charge is 2.35. The lowest BCUT2D eigenvalue weighted by atomic mass is 10.0. The van der Waals surface area contributed by atoms with Crippen molar-refractivity contribution in [2.45, 2.75) is 13.0 Å². The molecule has 0 aliphatic carbocycles. The van der Waals surface area contributed by atoms with Crippen LogP contribution >= 0.6 is 0 Å². The van der Waals surface area contributed by atoms with Crippen molar-refractivity contribution in [3.8, 4) is 5.75 Å². The molecule has 12 nitrogen and oxygen atoms in total. The number of urea groups is 1. The number of benzene rings is 1. The van der Waals surface area contributed by atoms with Gasteiger partial charge in [-0.3, -0.25) is 10.1 Å². The third-order valence-corrected chi connectivity index (χ3v) is 4.43. The monoisotopic (exact) mass is 445 g/mol. The van der Waals surface area contributed by atoms with E-state index in [1.165, 1.54) is 18.4 Å². The van der Waals surface area contributed by atoms with Crippen LogP contribution in [0.15, 0.2) is 52.3 Å². The van der Waals surface area contributed by atoms with Crippen LogP contribution in [0.5, 0.6) is 5.75 Å². The molecule has 0 fully saturated rings. The van der Waals surface area contributed by atoms with Crippen LogP contribution < -0.4 is 15.4 Å². The molecule has 3 rings (SSSR count). The molecule has 0 radical (unpaired) electrons. The van der Waals surface area contributed by atoms with Crippen molar-refractivity contribution in [2.24, 2.45) is 0 Å². The third-order valence-electron chi connectivity index (χ3n) is 4.43. The number of methoxy groups -OCH3 is 1. The molecule has 32 heavy (non-hydrogen) atoms. The first-order valence-corrected chi connectivity index (χ1v) is 9.36. The number of hydrogen-bond acceptors (Lipinski definition) is 9. The van der Waals surface area contributed by atoms with E-state index < -0.39 is 41.2 Å². The van der Waals surface area contributed by atoms with Gasteiger partial charge in [-0.25, -0.2) is 14.4 Å². The number of nitrogens with one attached hydrogen (secondary N) is 2. The molecule has 0 saturated carbocycles. The van der Waals surface area contributed by atoms with E-state index in [-0.39, 0.29) is 35.0 Å². The number of carbonyl (C=O) groups excluding carboxylic acids is 3. The maximum atomic E-state index is 12.6. The van der Waals surface area contributed by atoms with E-state index in [2.05, 4.69) is 15.4 Å². The Kier molecular flexibility index (Phi) is 6.73. The number of nitro benzene ring substituents is 1. The molecule has 0 bridgehead atoms. The van der Waals surface area contributed by atoms with Gasteiger partial charge >= 0.3 is 23.7 Å². The molecule has 1 aromatic carbocycles. The van der Waals surface area contributed by atoms with Crippen molar-refractivity contribution in [3.63, 3.8) is 0 Å². The van der Waals surface area contributed by atoms with Crippen LogP contribution in [0.1, 0.15) is 29.1 Å². The van der Waals surface area contributed by atoms with Gasteiger partial charge in [-0.05, 0) is 31.2 Å². The van der Waals surface area contributed by atoms with Crippen LogP contribution in [0, 0.1) is 10.1 Å². The Labute approximate surface area is 181 Å². The van der Waals surface area contributed by atoms with Gasteiger partial charge in [-0.15, -0.1) is 0 Å². The number of ether oxygens (including phenoxy) is 3. The van der Waals surface area contributed by atoms with Crippen molar-refractivity contribution >= 4 is 23.7 Å². The molecule has 2 aromatic rings. The second kappa shape index (κ2) is 9.64. The average molecular weight is 445 g/mol. The molecule has 0 spiro atoms.